The number of carbonyl (C=O) groups is 1. The largest absolute Gasteiger partial charge is 0.348 e. The summed E-state index contributed by atoms with van der Waals surface area (Å²) in [5, 5.41) is 4.50. The first-order valence-corrected chi connectivity index (χ1v) is 8.21. The Morgan fingerprint density at radius 1 is 1.30 bits per heavy atom. The lowest BCUT2D eigenvalue weighted by Crippen LogP contribution is -2.37. The monoisotopic (exact) mass is 306 g/mol. The Hall–Kier alpha value is -1.26. The molecular weight excluding hydrogens is 292 g/mol. The van der Waals surface area contributed by atoms with Crippen molar-refractivity contribution in [3.05, 3.63) is 41.0 Å². The first-order valence-electron chi connectivity index (χ1n) is 6.68. The van der Waals surface area contributed by atoms with Crippen LogP contribution in [0, 0.1) is 0 Å². The van der Waals surface area contributed by atoms with Crippen molar-refractivity contribution in [1.29, 1.82) is 0 Å². The van der Waals surface area contributed by atoms with Gasteiger partial charge in [-0.05, 0) is 36.5 Å². The molecule has 20 heavy (non-hydrogen) atoms. The van der Waals surface area contributed by atoms with E-state index in [1.807, 2.05) is 36.0 Å². The fraction of sp³-hybridized carbons (Fsp3) is 0.333. The lowest BCUT2D eigenvalue weighted by Gasteiger charge is -2.22. The van der Waals surface area contributed by atoms with E-state index in [0.29, 0.717) is 10.7 Å². The molecule has 1 aliphatic rings. The molecule has 0 radical (unpaired) electrons. The van der Waals surface area contributed by atoms with Crippen LogP contribution in [-0.4, -0.2) is 28.4 Å². The number of nitrogens with zero attached hydrogens (tertiary/aromatic N) is 1. The number of thioether (sulfide) groups is 1. The van der Waals surface area contributed by atoms with Gasteiger partial charge in [-0.3, -0.25) is 4.79 Å². The fourth-order valence-corrected chi connectivity index (χ4v) is 3.72. The molecule has 2 heterocycles. The lowest BCUT2D eigenvalue weighted by molar-refractivity contribution is 0.0930. The first kappa shape index (κ1) is 13.7. The van der Waals surface area contributed by atoms with Crippen molar-refractivity contribution in [3.63, 3.8) is 0 Å². The SMILES string of the molecule is O=C(NC1CCSCC1)c1cc(Cl)c2ccccc2n1. The van der Waals surface area contributed by atoms with Gasteiger partial charge < -0.3 is 5.32 Å². The van der Waals surface area contributed by atoms with Gasteiger partial charge in [-0.2, -0.15) is 11.8 Å². The topological polar surface area (TPSA) is 42.0 Å². The van der Waals surface area contributed by atoms with Crippen molar-refractivity contribution in [2.75, 3.05) is 11.5 Å². The summed E-state index contributed by atoms with van der Waals surface area (Å²) in [6, 6.07) is 9.49. The van der Waals surface area contributed by atoms with E-state index in [9.17, 15) is 4.79 Å². The highest BCUT2D eigenvalue weighted by atomic mass is 35.5. The van der Waals surface area contributed by atoms with Gasteiger partial charge in [0, 0.05) is 11.4 Å². The maximum Gasteiger partial charge on any atom is 0.270 e. The molecule has 1 aliphatic heterocycles. The molecule has 0 spiro atoms. The first-order chi connectivity index (χ1) is 9.74. The van der Waals surface area contributed by atoms with Crippen molar-refractivity contribution >= 4 is 40.2 Å². The zero-order valence-corrected chi connectivity index (χ0v) is 12.5. The molecule has 1 aromatic heterocycles. The predicted molar refractivity (Wildman–Crippen MR) is 84.6 cm³/mol. The fourth-order valence-electron chi connectivity index (χ4n) is 2.35. The number of hydrogen-bond acceptors (Lipinski definition) is 3. The quantitative estimate of drug-likeness (QED) is 0.923. The number of benzene rings is 1. The summed E-state index contributed by atoms with van der Waals surface area (Å²) in [6.07, 6.45) is 2.05. The lowest BCUT2D eigenvalue weighted by atomic mass is 10.1. The van der Waals surface area contributed by atoms with Gasteiger partial charge in [0.15, 0.2) is 0 Å². The van der Waals surface area contributed by atoms with Gasteiger partial charge in [0.1, 0.15) is 5.69 Å². The van der Waals surface area contributed by atoms with Crippen LogP contribution in [0.3, 0.4) is 0 Å². The maximum absolute atomic E-state index is 12.3. The van der Waals surface area contributed by atoms with Gasteiger partial charge in [0.05, 0.1) is 10.5 Å². The van der Waals surface area contributed by atoms with E-state index in [0.717, 1.165) is 35.3 Å². The predicted octanol–water partition coefficient (Wildman–Crippen LogP) is 3.51. The summed E-state index contributed by atoms with van der Waals surface area (Å²) in [7, 11) is 0. The smallest absolute Gasteiger partial charge is 0.270 e. The molecule has 1 amide bonds. The summed E-state index contributed by atoms with van der Waals surface area (Å²) in [5.74, 6) is 2.09. The Labute approximate surface area is 127 Å². The number of carbonyl (C=O) groups excluding carboxylic acids is 1. The number of nitrogens with one attached hydrogen (secondary N) is 1. The van der Waals surface area contributed by atoms with Crippen LogP contribution in [0.1, 0.15) is 23.3 Å². The number of para-hydroxylation sites is 1. The third-order valence-electron chi connectivity index (χ3n) is 3.45. The molecule has 3 nitrogen and oxygen atoms in total. The highest BCUT2D eigenvalue weighted by Gasteiger charge is 2.18. The van der Waals surface area contributed by atoms with Gasteiger partial charge in [0.2, 0.25) is 0 Å². The van der Waals surface area contributed by atoms with E-state index < -0.39 is 0 Å². The Kier molecular flexibility index (Phi) is 4.13. The number of rotatable bonds is 2. The van der Waals surface area contributed by atoms with Crippen LogP contribution in [0.25, 0.3) is 10.9 Å². The van der Waals surface area contributed by atoms with Gasteiger partial charge >= 0.3 is 0 Å². The van der Waals surface area contributed by atoms with E-state index in [1.165, 1.54) is 0 Å². The Morgan fingerprint density at radius 2 is 2.05 bits per heavy atom. The summed E-state index contributed by atoms with van der Waals surface area (Å²) in [6.45, 7) is 0. The van der Waals surface area contributed by atoms with E-state index in [1.54, 1.807) is 6.07 Å². The number of pyridine rings is 1. The zero-order chi connectivity index (χ0) is 13.9. The molecule has 0 saturated carbocycles. The Balaban J connectivity index is 1.84. The van der Waals surface area contributed by atoms with Gasteiger partial charge in [0.25, 0.3) is 5.91 Å². The molecule has 3 rings (SSSR count). The second-order valence-corrected chi connectivity index (χ2v) is 6.50. The summed E-state index contributed by atoms with van der Waals surface area (Å²) in [4.78, 5) is 16.7. The highest BCUT2D eigenvalue weighted by Crippen LogP contribution is 2.23. The molecule has 1 N–H and O–H groups in total. The van der Waals surface area contributed by atoms with Crippen molar-refractivity contribution in [2.24, 2.45) is 0 Å². The van der Waals surface area contributed by atoms with Crippen molar-refractivity contribution in [2.45, 2.75) is 18.9 Å². The molecule has 0 aliphatic carbocycles. The van der Waals surface area contributed by atoms with E-state index in [4.69, 9.17) is 11.6 Å². The van der Waals surface area contributed by atoms with Crippen molar-refractivity contribution < 1.29 is 4.79 Å². The molecule has 5 heteroatoms. The zero-order valence-electron chi connectivity index (χ0n) is 10.9. The minimum Gasteiger partial charge on any atom is -0.348 e. The standard InChI is InChI=1S/C15H15ClN2OS/c16-12-9-14(18-13-4-2-1-3-11(12)13)15(19)17-10-5-7-20-8-6-10/h1-4,9-10H,5-8H2,(H,17,19). The average molecular weight is 307 g/mol. The molecular formula is C15H15ClN2OS. The third kappa shape index (κ3) is 2.91. The van der Waals surface area contributed by atoms with Crippen LogP contribution < -0.4 is 5.32 Å². The van der Waals surface area contributed by atoms with Crippen LogP contribution in [0.5, 0.6) is 0 Å². The number of fused-ring (bicyclic) bond motifs is 1. The molecule has 1 saturated heterocycles. The Morgan fingerprint density at radius 3 is 2.85 bits per heavy atom. The molecule has 0 atom stereocenters. The number of halogens is 1. The molecule has 104 valence electrons. The van der Waals surface area contributed by atoms with Gasteiger partial charge in [-0.25, -0.2) is 4.98 Å². The van der Waals surface area contributed by atoms with Crippen LogP contribution in [0.4, 0.5) is 0 Å². The average Bonchev–Trinajstić information content (AvgIpc) is 2.48. The summed E-state index contributed by atoms with van der Waals surface area (Å²) < 4.78 is 0. The second-order valence-electron chi connectivity index (χ2n) is 4.87. The van der Waals surface area contributed by atoms with Crippen molar-refractivity contribution in [3.8, 4) is 0 Å². The van der Waals surface area contributed by atoms with Crippen LogP contribution in [0.15, 0.2) is 30.3 Å². The summed E-state index contributed by atoms with van der Waals surface area (Å²) in [5.41, 5.74) is 1.15. The minimum absolute atomic E-state index is 0.130. The molecule has 0 unspecified atom stereocenters. The van der Waals surface area contributed by atoms with Crippen LogP contribution in [0.2, 0.25) is 5.02 Å². The Bertz CT molecular complexity index is 641. The highest BCUT2D eigenvalue weighted by molar-refractivity contribution is 7.99. The van der Waals surface area contributed by atoms with E-state index in [2.05, 4.69) is 10.3 Å². The number of hydrogen-bond donors (Lipinski definition) is 1. The van der Waals surface area contributed by atoms with E-state index >= 15 is 0 Å². The molecule has 1 fully saturated rings. The molecule has 0 bridgehead atoms. The maximum atomic E-state index is 12.3. The molecule has 2 aromatic rings. The minimum atomic E-state index is -0.130. The van der Waals surface area contributed by atoms with Gasteiger partial charge in [-0.1, -0.05) is 29.8 Å². The van der Waals surface area contributed by atoms with Gasteiger partial charge in [-0.15, -0.1) is 0 Å². The third-order valence-corrected chi connectivity index (χ3v) is 4.82. The number of aromatic nitrogens is 1. The van der Waals surface area contributed by atoms with Crippen LogP contribution in [-0.2, 0) is 0 Å². The van der Waals surface area contributed by atoms with Crippen LogP contribution >= 0.6 is 23.4 Å². The number of amides is 1. The second kappa shape index (κ2) is 6.02. The van der Waals surface area contributed by atoms with Crippen molar-refractivity contribution in [1.82, 2.24) is 10.3 Å². The molecule has 1 aromatic carbocycles. The normalized spacial score (nSPS) is 16.2. The summed E-state index contributed by atoms with van der Waals surface area (Å²) >= 11 is 8.16. The van der Waals surface area contributed by atoms with E-state index in [-0.39, 0.29) is 11.9 Å².